The van der Waals surface area contributed by atoms with Crippen molar-refractivity contribution >= 4 is 6.16 Å². The molecule has 0 spiro atoms. The quantitative estimate of drug-likeness (QED) is 0.523. The van der Waals surface area contributed by atoms with E-state index in [0.717, 1.165) is 0 Å². The van der Waals surface area contributed by atoms with Gasteiger partial charge in [-0.15, -0.1) is 0 Å². The number of carbonyl (C=O) groups is 1. The highest BCUT2D eigenvalue weighted by molar-refractivity contribution is 5.63. The summed E-state index contributed by atoms with van der Waals surface area (Å²) in [5.41, 5.74) is 0. The summed E-state index contributed by atoms with van der Waals surface area (Å²) in [6, 6.07) is 8.74. The molecule has 1 aromatic rings. The fourth-order valence-electron chi connectivity index (χ4n) is 0.626. The smallest absolute Gasteiger partial charge is 0.437 e. The second-order valence-electron chi connectivity index (χ2n) is 1.87. The van der Waals surface area contributed by atoms with E-state index in [-0.39, 0.29) is 0 Å². The number of hydrogen-bond acceptors (Lipinski definition) is 3. The summed E-state index contributed by atoms with van der Waals surface area (Å²) in [4.78, 5) is 10.5. The molecule has 0 aliphatic carbocycles. The third kappa shape index (κ3) is 8.81. The van der Waals surface area contributed by atoms with Gasteiger partial charge in [0.1, 0.15) is 5.75 Å². The molecular weight excluding hydrogens is 192 g/mol. The van der Waals surface area contributed by atoms with Gasteiger partial charge >= 0.3 is 6.16 Å². The Morgan fingerprint density at radius 3 is 1.87 bits per heavy atom. The normalized spacial score (nSPS) is 7.27. The maximum atomic E-state index is 10.5. The molecule has 0 aliphatic rings. The molecule has 0 bridgehead atoms. The summed E-state index contributed by atoms with van der Waals surface area (Å²) in [7, 11) is 1.27. The van der Waals surface area contributed by atoms with Crippen molar-refractivity contribution in [2.24, 2.45) is 0 Å². The minimum Gasteiger partial charge on any atom is -0.437 e. The first kappa shape index (κ1) is 15.9. The molecule has 0 atom stereocenters. The van der Waals surface area contributed by atoms with E-state index in [2.05, 4.69) is 4.74 Å². The van der Waals surface area contributed by atoms with Gasteiger partial charge < -0.3 is 9.47 Å². The Morgan fingerprint density at radius 1 is 1.00 bits per heavy atom. The number of para-hydroxylation sites is 1. The van der Waals surface area contributed by atoms with Crippen molar-refractivity contribution in [1.82, 2.24) is 0 Å². The van der Waals surface area contributed by atoms with Crippen molar-refractivity contribution in [3.8, 4) is 5.75 Å². The van der Waals surface area contributed by atoms with Gasteiger partial charge in [0.2, 0.25) is 0 Å². The van der Waals surface area contributed by atoms with Gasteiger partial charge in [-0.1, -0.05) is 45.9 Å². The van der Waals surface area contributed by atoms with Crippen LogP contribution in [-0.4, -0.2) is 13.3 Å². The van der Waals surface area contributed by atoms with E-state index in [1.165, 1.54) is 7.11 Å². The summed E-state index contributed by atoms with van der Waals surface area (Å²) >= 11 is 0. The SMILES string of the molecule is CC.CC.COC(=O)Oc1ccccc1. The molecule has 0 radical (unpaired) electrons. The topological polar surface area (TPSA) is 35.5 Å². The molecule has 0 unspecified atom stereocenters. The van der Waals surface area contributed by atoms with Crippen LogP contribution in [-0.2, 0) is 4.74 Å². The lowest BCUT2D eigenvalue weighted by molar-refractivity contribution is 0.121. The van der Waals surface area contributed by atoms with Gasteiger partial charge in [0.05, 0.1) is 7.11 Å². The average molecular weight is 212 g/mol. The van der Waals surface area contributed by atoms with Gasteiger partial charge in [-0.25, -0.2) is 4.79 Å². The largest absolute Gasteiger partial charge is 0.513 e. The van der Waals surface area contributed by atoms with E-state index in [1.54, 1.807) is 24.3 Å². The van der Waals surface area contributed by atoms with E-state index in [0.29, 0.717) is 5.75 Å². The third-order valence-corrected chi connectivity index (χ3v) is 1.11. The molecule has 0 fully saturated rings. The van der Waals surface area contributed by atoms with Crippen LogP contribution < -0.4 is 4.74 Å². The van der Waals surface area contributed by atoms with E-state index < -0.39 is 6.16 Å². The molecular formula is C12H20O3. The van der Waals surface area contributed by atoms with E-state index in [9.17, 15) is 4.79 Å². The van der Waals surface area contributed by atoms with Crippen LogP contribution in [0.3, 0.4) is 0 Å². The Hall–Kier alpha value is -1.51. The molecule has 3 nitrogen and oxygen atoms in total. The second-order valence-corrected chi connectivity index (χ2v) is 1.87. The number of carbonyl (C=O) groups excluding carboxylic acids is 1. The number of rotatable bonds is 1. The predicted molar refractivity (Wildman–Crippen MR) is 62.2 cm³/mol. The first-order chi connectivity index (χ1) is 7.33. The molecule has 15 heavy (non-hydrogen) atoms. The van der Waals surface area contributed by atoms with Crippen LogP contribution in [0.15, 0.2) is 30.3 Å². The zero-order chi connectivity index (χ0) is 12.1. The van der Waals surface area contributed by atoms with Crippen LogP contribution in [0.5, 0.6) is 5.75 Å². The van der Waals surface area contributed by atoms with Crippen molar-refractivity contribution in [3.05, 3.63) is 30.3 Å². The van der Waals surface area contributed by atoms with Gasteiger partial charge in [-0.2, -0.15) is 0 Å². The van der Waals surface area contributed by atoms with Gasteiger partial charge in [0.15, 0.2) is 0 Å². The molecule has 0 amide bonds. The van der Waals surface area contributed by atoms with Crippen LogP contribution >= 0.6 is 0 Å². The third-order valence-electron chi connectivity index (χ3n) is 1.11. The van der Waals surface area contributed by atoms with Crippen molar-refractivity contribution in [1.29, 1.82) is 0 Å². The summed E-state index contributed by atoms with van der Waals surface area (Å²) in [6.07, 6.45) is -0.698. The second kappa shape index (κ2) is 12.5. The molecule has 0 aliphatic heterocycles. The van der Waals surface area contributed by atoms with Crippen LogP contribution in [0.2, 0.25) is 0 Å². The highest BCUT2D eigenvalue weighted by atomic mass is 16.7. The van der Waals surface area contributed by atoms with Crippen molar-refractivity contribution in [3.63, 3.8) is 0 Å². The van der Waals surface area contributed by atoms with Gasteiger partial charge in [-0.05, 0) is 12.1 Å². The van der Waals surface area contributed by atoms with Crippen LogP contribution in [0, 0.1) is 0 Å². The molecule has 0 heterocycles. The fourth-order valence-corrected chi connectivity index (χ4v) is 0.626. The molecule has 1 rings (SSSR count). The first-order valence-corrected chi connectivity index (χ1v) is 5.14. The molecule has 86 valence electrons. The summed E-state index contributed by atoms with van der Waals surface area (Å²) < 4.78 is 9.00. The van der Waals surface area contributed by atoms with Crippen molar-refractivity contribution in [2.45, 2.75) is 27.7 Å². The number of ether oxygens (including phenoxy) is 2. The molecule has 0 saturated carbocycles. The predicted octanol–water partition coefficient (Wildman–Crippen LogP) is 3.88. The number of hydrogen-bond donors (Lipinski definition) is 0. The van der Waals surface area contributed by atoms with E-state index in [4.69, 9.17) is 4.74 Å². The minimum atomic E-state index is -0.698. The van der Waals surface area contributed by atoms with Crippen molar-refractivity contribution < 1.29 is 14.3 Å². The number of benzene rings is 1. The molecule has 0 aromatic heterocycles. The lowest BCUT2D eigenvalue weighted by Crippen LogP contribution is -2.06. The molecule has 0 N–H and O–H groups in total. The highest BCUT2D eigenvalue weighted by Crippen LogP contribution is 2.08. The first-order valence-electron chi connectivity index (χ1n) is 5.14. The lowest BCUT2D eigenvalue weighted by atomic mass is 10.3. The fraction of sp³-hybridized carbons (Fsp3) is 0.417. The van der Waals surface area contributed by atoms with E-state index >= 15 is 0 Å². The lowest BCUT2D eigenvalue weighted by Gasteiger charge is -1.99. The Labute approximate surface area is 92.0 Å². The Morgan fingerprint density at radius 2 is 1.47 bits per heavy atom. The maximum Gasteiger partial charge on any atom is 0.513 e. The maximum absolute atomic E-state index is 10.5. The van der Waals surface area contributed by atoms with Gasteiger partial charge in [-0.3, -0.25) is 0 Å². The van der Waals surface area contributed by atoms with Gasteiger partial charge in [0.25, 0.3) is 0 Å². The van der Waals surface area contributed by atoms with Crippen LogP contribution in [0.1, 0.15) is 27.7 Å². The summed E-state index contributed by atoms with van der Waals surface area (Å²) in [6.45, 7) is 8.00. The Balaban J connectivity index is 0. The standard InChI is InChI=1S/C8H8O3.2C2H6/c1-10-8(9)11-7-5-3-2-4-6-7;2*1-2/h2-6H,1H3;2*1-2H3. The zero-order valence-electron chi connectivity index (χ0n) is 10.1. The van der Waals surface area contributed by atoms with Crippen molar-refractivity contribution in [2.75, 3.05) is 7.11 Å². The van der Waals surface area contributed by atoms with Crippen LogP contribution in [0.25, 0.3) is 0 Å². The Bertz CT molecular complexity index is 232. The van der Waals surface area contributed by atoms with Crippen LogP contribution in [0.4, 0.5) is 4.79 Å². The van der Waals surface area contributed by atoms with E-state index in [1.807, 2.05) is 33.8 Å². The Kier molecular flexibility index (Phi) is 13.3. The molecule has 1 aromatic carbocycles. The average Bonchev–Trinajstić information content (AvgIpc) is 2.35. The summed E-state index contributed by atoms with van der Waals surface area (Å²) in [5, 5.41) is 0. The zero-order valence-corrected chi connectivity index (χ0v) is 10.1. The molecule has 0 saturated heterocycles. The number of methoxy groups -OCH3 is 1. The monoisotopic (exact) mass is 212 g/mol. The minimum absolute atomic E-state index is 0.486. The highest BCUT2D eigenvalue weighted by Gasteiger charge is 2.00. The molecule has 3 heteroatoms. The van der Waals surface area contributed by atoms with Gasteiger partial charge in [0, 0.05) is 0 Å². The summed E-state index contributed by atoms with van der Waals surface area (Å²) in [5.74, 6) is 0.486.